The lowest BCUT2D eigenvalue weighted by molar-refractivity contribution is 0.101. The summed E-state index contributed by atoms with van der Waals surface area (Å²) in [6.45, 7) is 6.46. The maximum atomic E-state index is 5.72. The zero-order chi connectivity index (χ0) is 11.1. The van der Waals surface area contributed by atoms with E-state index in [9.17, 15) is 0 Å². The van der Waals surface area contributed by atoms with Gasteiger partial charge < -0.3 is 9.16 Å². The summed E-state index contributed by atoms with van der Waals surface area (Å²) in [5.74, 6) is 0.859. The van der Waals surface area contributed by atoms with Crippen LogP contribution in [0.25, 0.3) is 0 Å². The molecule has 0 aliphatic heterocycles. The number of ether oxygens (including phenoxy) is 1. The Labute approximate surface area is 95.5 Å². The highest BCUT2D eigenvalue weighted by atomic mass is 28.4. The minimum atomic E-state index is -1.34. The lowest BCUT2D eigenvalue weighted by Crippen LogP contribution is -2.28. The number of rotatable bonds is 7. The number of hydrogen-bond donors (Lipinski definition) is 0. The smallest absolute Gasteiger partial charge is 0.186 e. The Balaban J connectivity index is 1.92. The molecule has 0 aromatic heterocycles. The predicted molar refractivity (Wildman–Crippen MR) is 66.7 cm³/mol. The van der Waals surface area contributed by atoms with Crippen molar-refractivity contribution < 1.29 is 9.16 Å². The Morgan fingerprint density at radius 3 is 2.47 bits per heavy atom. The van der Waals surface area contributed by atoms with Crippen LogP contribution >= 0.6 is 0 Å². The fraction of sp³-hybridized carbons (Fsp3) is 1.00. The average molecular weight is 230 g/mol. The molecule has 0 aromatic rings. The van der Waals surface area contributed by atoms with Crippen LogP contribution in [0.5, 0.6) is 0 Å². The predicted octanol–water partition coefficient (Wildman–Crippen LogP) is 3.43. The highest BCUT2D eigenvalue weighted by molar-refractivity contribution is 6.71. The first-order valence-electron chi connectivity index (χ1n) is 6.27. The SMILES string of the molecule is CO[Si](C)(C)CCCOCC1CCCC1. The summed E-state index contributed by atoms with van der Waals surface area (Å²) in [7, 11) is 0.500. The first-order chi connectivity index (χ1) is 7.14. The molecule has 1 aliphatic rings. The largest absolute Gasteiger partial charge is 0.420 e. The molecule has 1 saturated carbocycles. The zero-order valence-corrected chi connectivity index (χ0v) is 11.6. The first-order valence-corrected chi connectivity index (χ1v) is 9.38. The molecule has 0 bridgehead atoms. The van der Waals surface area contributed by atoms with Crippen LogP contribution in [0.4, 0.5) is 0 Å². The van der Waals surface area contributed by atoms with Crippen molar-refractivity contribution in [2.75, 3.05) is 20.3 Å². The molecule has 0 N–H and O–H groups in total. The summed E-state index contributed by atoms with van der Waals surface area (Å²) in [6, 6.07) is 1.22. The molecule has 1 fully saturated rings. The van der Waals surface area contributed by atoms with E-state index in [-0.39, 0.29) is 0 Å². The van der Waals surface area contributed by atoms with E-state index in [2.05, 4.69) is 13.1 Å². The minimum Gasteiger partial charge on any atom is -0.420 e. The van der Waals surface area contributed by atoms with Crippen LogP contribution in [0.15, 0.2) is 0 Å². The molecule has 0 amide bonds. The van der Waals surface area contributed by atoms with E-state index >= 15 is 0 Å². The highest BCUT2D eigenvalue weighted by Crippen LogP contribution is 2.24. The first kappa shape index (κ1) is 13.2. The maximum absolute atomic E-state index is 5.72. The van der Waals surface area contributed by atoms with E-state index in [4.69, 9.17) is 9.16 Å². The summed E-state index contributed by atoms with van der Waals surface area (Å²) in [6.07, 6.45) is 6.77. The molecule has 0 aromatic carbocycles. The molecule has 90 valence electrons. The third-order valence-corrected chi connectivity index (χ3v) is 6.11. The van der Waals surface area contributed by atoms with Crippen molar-refractivity contribution in [2.45, 2.75) is 51.2 Å². The van der Waals surface area contributed by atoms with Crippen molar-refractivity contribution in [3.63, 3.8) is 0 Å². The third kappa shape index (κ3) is 5.69. The van der Waals surface area contributed by atoms with Gasteiger partial charge in [0.1, 0.15) is 0 Å². The minimum absolute atomic E-state index is 0.859. The Morgan fingerprint density at radius 1 is 1.20 bits per heavy atom. The molecule has 0 heterocycles. The van der Waals surface area contributed by atoms with Gasteiger partial charge in [0.2, 0.25) is 0 Å². The van der Waals surface area contributed by atoms with Gasteiger partial charge in [-0.2, -0.15) is 0 Å². The second-order valence-corrected chi connectivity index (χ2v) is 9.72. The molecule has 0 spiro atoms. The van der Waals surface area contributed by atoms with Gasteiger partial charge in [-0.05, 0) is 44.3 Å². The van der Waals surface area contributed by atoms with Crippen LogP contribution in [0, 0.1) is 5.92 Å². The Bertz CT molecular complexity index is 165. The van der Waals surface area contributed by atoms with E-state index < -0.39 is 8.32 Å². The monoisotopic (exact) mass is 230 g/mol. The summed E-state index contributed by atoms with van der Waals surface area (Å²) < 4.78 is 11.2. The molecular formula is C12H26O2Si. The molecule has 2 nitrogen and oxygen atoms in total. The quantitative estimate of drug-likeness (QED) is 0.493. The number of hydrogen-bond acceptors (Lipinski definition) is 2. The average Bonchev–Trinajstić information content (AvgIpc) is 2.70. The van der Waals surface area contributed by atoms with Crippen molar-refractivity contribution in [3.8, 4) is 0 Å². The van der Waals surface area contributed by atoms with E-state index in [0.717, 1.165) is 19.1 Å². The van der Waals surface area contributed by atoms with E-state index in [1.54, 1.807) is 0 Å². The summed E-state index contributed by atoms with van der Waals surface area (Å²) >= 11 is 0. The second kappa shape index (κ2) is 6.66. The molecule has 1 aliphatic carbocycles. The second-order valence-electron chi connectivity index (χ2n) is 5.29. The van der Waals surface area contributed by atoms with E-state index in [0.29, 0.717) is 0 Å². The van der Waals surface area contributed by atoms with Gasteiger partial charge in [0.05, 0.1) is 0 Å². The fourth-order valence-electron chi connectivity index (χ4n) is 2.13. The van der Waals surface area contributed by atoms with Crippen LogP contribution in [0.1, 0.15) is 32.1 Å². The van der Waals surface area contributed by atoms with Gasteiger partial charge in [-0.25, -0.2) is 0 Å². The molecular weight excluding hydrogens is 204 g/mol. The van der Waals surface area contributed by atoms with Gasteiger partial charge >= 0.3 is 0 Å². The lowest BCUT2D eigenvalue weighted by atomic mass is 10.1. The zero-order valence-electron chi connectivity index (χ0n) is 10.6. The van der Waals surface area contributed by atoms with Crippen LogP contribution in [-0.2, 0) is 9.16 Å². The third-order valence-electron chi connectivity index (χ3n) is 3.45. The highest BCUT2D eigenvalue weighted by Gasteiger charge is 2.19. The fourth-order valence-corrected chi connectivity index (χ4v) is 3.33. The molecule has 3 heteroatoms. The van der Waals surface area contributed by atoms with Gasteiger partial charge in [0.15, 0.2) is 8.32 Å². The molecule has 15 heavy (non-hydrogen) atoms. The van der Waals surface area contributed by atoms with Crippen molar-refractivity contribution in [2.24, 2.45) is 5.92 Å². The normalized spacial score (nSPS) is 18.6. The Hall–Kier alpha value is 0.137. The topological polar surface area (TPSA) is 18.5 Å². The van der Waals surface area contributed by atoms with Gasteiger partial charge in [-0.15, -0.1) is 0 Å². The molecule has 0 radical (unpaired) electrons. The van der Waals surface area contributed by atoms with Gasteiger partial charge in [0.25, 0.3) is 0 Å². The molecule has 0 unspecified atom stereocenters. The van der Waals surface area contributed by atoms with E-state index in [1.165, 1.54) is 38.1 Å². The standard InChI is InChI=1S/C12H26O2Si/c1-13-15(2,3)10-6-9-14-11-12-7-4-5-8-12/h12H,4-11H2,1-3H3. The van der Waals surface area contributed by atoms with Crippen molar-refractivity contribution >= 4 is 8.32 Å². The van der Waals surface area contributed by atoms with Gasteiger partial charge in [-0.3, -0.25) is 0 Å². The van der Waals surface area contributed by atoms with Crippen LogP contribution < -0.4 is 0 Å². The molecule has 0 atom stereocenters. The van der Waals surface area contributed by atoms with Gasteiger partial charge in [0, 0.05) is 20.3 Å². The molecule has 0 saturated heterocycles. The summed E-state index contributed by atoms with van der Waals surface area (Å²) in [4.78, 5) is 0. The van der Waals surface area contributed by atoms with Crippen molar-refractivity contribution in [1.82, 2.24) is 0 Å². The van der Waals surface area contributed by atoms with Crippen LogP contribution in [0.3, 0.4) is 0 Å². The van der Waals surface area contributed by atoms with Crippen molar-refractivity contribution in [3.05, 3.63) is 0 Å². The maximum Gasteiger partial charge on any atom is 0.186 e. The van der Waals surface area contributed by atoms with Crippen LogP contribution in [-0.4, -0.2) is 28.6 Å². The van der Waals surface area contributed by atoms with Crippen LogP contribution in [0.2, 0.25) is 19.1 Å². The van der Waals surface area contributed by atoms with Crippen molar-refractivity contribution in [1.29, 1.82) is 0 Å². The Morgan fingerprint density at radius 2 is 1.87 bits per heavy atom. The molecule has 1 rings (SSSR count). The summed E-state index contributed by atoms with van der Waals surface area (Å²) in [5, 5.41) is 0. The lowest BCUT2D eigenvalue weighted by Gasteiger charge is -2.19. The van der Waals surface area contributed by atoms with E-state index in [1.807, 2.05) is 7.11 Å². The van der Waals surface area contributed by atoms with Gasteiger partial charge in [-0.1, -0.05) is 12.8 Å². The Kier molecular flexibility index (Phi) is 5.86. The summed E-state index contributed by atoms with van der Waals surface area (Å²) in [5.41, 5.74) is 0.